The molecule has 8 nitrogen and oxygen atoms in total. The van der Waals surface area contributed by atoms with E-state index >= 15 is 0 Å². The normalized spacial score (nSPS) is 14.7. The third-order valence-corrected chi connectivity index (χ3v) is 4.49. The number of nitrogens with one attached hydrogen (secondary N) is 2. The van der Waals surface area contributed by atoms with Crippen molar-refractivity contribution in [3.8, 4) is 0 Å². The number of anilines is 2. The number of hydrogen-bond donors (Lipinski definition) is 3. The lowest BCUT2D eigenvalue weighted by Crippen LogP contribution is -2.49. The summed E-state index contributed by atoms with van der Waals surface area (Å²) in [6.45, 7) is 7.42. The molecule has 0 unspecified atom stereocenters. The van der Waals surface area contributed by atoms with Gasteiger partial charge in [0, 0.05) is 39.6 Å². The van der Waals surface area contributed by atoms with E-state index in [-0.39, 0.29) is 17.4 Å². The molecule has 1 aliphatic heterocycles. The first-order valence-corrected chi connectivity index (χ1v) is 9.29. The first-order chi connectivity index (χ1) is 12.9. The van der Waals surface area contributed by atoms with Crippen LogP contribution < -0.4 is 15.5 Å². The monoisotopic (exact) mass is 376 g/mol. The van der Waals surface area contributed by atoms with Crippen LogP contribution >= 0.6 is 0 Å². The van der Waals surface area contributed by atoms with Crippen LogP contribution in [0.3, 0.4) is 0 Å². The van der Waals surface area contributed by atoms with Crippen molar-refractivity contribution >= 4 is 29.2 Å². The molecular weight excluding hydrogens is 348 g/mol. The van der Waals surface area contributed by atoms with Crippen LogP contribution in [0.25, 0.3) is 0 Å². The zero-order valence-electron chi connectivity index (χ0n) is 16.0. The summed E-state index contributed by atoms with van der Waals surface area (Å²) in [5.41, 5.74) is 1.42. The Labute approximate surface area is 159 Å². The van der Waals surface area contributed by atoms with E-state index in [0.29, 0.717) is 31.9 Å². The van der Waals surface area contributed by atoms with Crippen molar-refractivity contribution < 1.29 is 19.5 Å². The van der Waals surface area contributed by atoms with E-state index in [1.165, 1.54) is 19.1 Å². The van der Waals surface area contributed by atoms with E-state index in [0.717, 1.165) is 31.6 Å². The highest BCUT2D eigenvalue weighted by atomic mass is 16.4. The second kappa shape index (κ2) is 9.91. The van der Waals surface area contributed by atoms with Gasteiger partial charge in [0.15, 0.2) is 0 Å². The number of aromatic carboxylic acids is 1. The van der Waals surface area contributed by atoms with E-state index in [1.54, 1.807) is 6.07 Å². The fourth-order valence-corrected chi connectivity index (χ4v) is 3.05. The minimum Gasteiger partial charge on any atom is -0.478 e. The Morgan fingerprint density at radius 2 is 1.85 bits per heavy atom. The van der Waals surface area contributed by atoms with E-state index in [2.05, 4.69) is 27.4 Å². The van der Waals surface area contributed by atoms with Gasteiger partial charge < -0.3 is 20.6 Å². The molecule has 0 radical (unpaired) electrons. The van der Waals surface area contributed by atoms with Crippen LogP contribution in [-0.4, -0.2) is 67.1 Å². The first kappa shape index (κ1) is 20.7. The molecule has 0 bridgehead atoms. The maximum absolute atomic E-state index is 11.9. The Bertz CT molecular complexity index is 684. The second-order valence-corrected chi connectivity index (χ2v) is 6.68. The van der Waals surface area contributed by atoms with Crippen LogP contribution in [0.15, 0.2) is 18.2 Å². The van der Waals surface area contributed by atoms with Gasteiger partial charge in [-0.25, -0.2) is 4.79 Å². The van der Waals surface area contributed by atoms with Crippen molar-refractivity contribution in [1.82, 2.24) is 10.2 Å². The topological polar surface area (TPSA) is 102 Å². The number of benzene rings is 1. The van der Waals surface area contributed by atoms with Crippen molar-refractivity contribution in [3.63, 3.8) is 0 Å². The van der Waals surface area contributed by atoms with Gasteiger partial charge in [-0.2, -0.15) is 0 Å². The molecule has 27 heavy (non-hydrogen) atoms. The van der Waals surface area contributed by atoms with E-state index < -0.39 is 5.97 Å². The minimum absolute atomic E-state index is 0.0432. The second-order valence-electron chi connectivity index (χ2n) is 6.68. The molecule has 1 aliphatic rings. The van der Waals surface area contributed by atoms with Crippen LogP contribution in [0.4, 0.5) is 11.4 Å². The third kappa shape index (κ3) is 6.25. The Morgan fingerprint density at radius 3 is 2.44 bits per heavy atom. The average Bonchev–Trinajstić information content (AvgIpc) is 2.62. The quantitative estimate of drug-likeness (QED) is 0.593. The third-order valence-electron chi connectivity index (χ3n) is 4.49. The standard InChI is InChI=1S/C19H28N4O4/c1-3-4-7-20-18(25)13-22-8-10-23(11-9-22)17-6-5-15(19(26)27)12-16(17)21-14(2)24/h5-6,12H,3-4,7-11,13H2,1-2H3,(H,20,25)(H,21,24)(H,26,27). The predicted molar refractivity (Wildman–Crippen MR) is 104 cm³/mol. The summed E-state index contributed by atoms with van der Waals surface area (Å²) < 4.78 is 0. The lowest BCUT2D eigenvalue weighted by molar-refractivity contribution is -0.122. The van der Waals surface area contributed by atoms with Crippen molar-refractivity contribution in [3.05, 3.63) is 23.8 Å². The molecule has 1 aromatic rings. The molecule has 2 rings (SSSR count). The smallest absolute Gasteiger partial charge is 0.335 e. The van der Waals surface area contributed by atoms with Gasteiger partial charge in [0.05, 0.1) is 23.5 Å². The number of amides is 2. The van der Waals surface area contributed by atoms with Crippen molar-refractivity contribution in [2.75, 3.05) is 49.5 Å². The van der Waals surface area contributed by atoms with Gasteiger partial charge in [-0.15, -0.1) is 0 Å². The van der Waals surface area contributed by atoms with Crippen molar-refractivity contribution in [1.29, 1.82) is 0 Å². The highest BCUT2D eigenvalue weighted by Crippen LogP contribution is 2.28. The molecular formula is C19H28N4O4. The SMILES string of the molecule is CCCCNC(=O)CN1CCN(c2ccc(C(=O)O)cc2NC(C)=O)CC1. The average molecular weight is 376 g/mol. The summed E-state index contributed by atoms with van der Waals surface area (Å²) in [6, 6.07) is 4.74. The molecule has 1 fully saturated rings. The molecule has 148 valence electrons. The Hall–Kier alpha value is -2.61. The molecule has 0 saturated carbocycles. The Morgan fingerprint density at radius 1 is 1.15 bits per heavy atom. The highest BCUT2D eigenvalue weighted by Gasteiger charge is 2.22. The predicted octanol–water partition coefficient (Wildman–Crippen LogP) is 1.38. The molecule has 0 aromatic heterocycles. The summed E-state index contributed by atoms with van der Waals surface area (Å²) in [6.07, 6.45) is 2.04. The fourth-order valence-electron chi connectivity index (χ4n) is 3.05. The van der Waals surface area contributed by atoms with E-state index in [1.807, 2.05) is 0 Å². The number of carboxylic acids is 1. The van der Waals surface area contributed by atoms with Crippen LogP contribution in [0.5, 0.6) is 0 Å². The van der Waals surface area contributed by atoms with Gasteiger partial charge in [-0.05, 0) is 24.6 Å². The fraction of sp³-hybridized carbons (Fsp3) is 0.526. The van der Waals surface area contributed by atoms with Gasteiger partial charge >= 0.3 is 5.97 Å². The highest BCUT2D eigenvalue weighted by molar-refractivity contribution is 5.96. The maximum atomic E-state index is 11.9. The van der Waals surface area contributed by atoms with Crippen molar-refractivity contribution in [2.45, 2.75) is 26.7 Å². The molecule has 8 heteroatoms. The molecule has 1 aromatic carbocycles. The Kier molecular flexibility index (Phi) is 7.60. The zero-order chi connectivity index (χ0) is 19.8. The van der Waals surface area contributed by atoms with Crippen molar-refractivity contribution in [2.24, 2.45) is 0 Å². The summed E-state index contributed by atoms with van der Waals surface area (Å²) >= 11 is 0. The lowest BCUT2D eigenvalue weighted by Gasteiger charge is -2.36. The number of piperazine rings is 1. The summed E-state index contributed by atoms with van der Waals surface area (Å²) in [4.78, 5) is 38.8. The lowest BCUT2D eigenvalue weighted by atomic mass is 10.1. The van der Waals surface area contributed by atoms with Gasteiger partial charge in [0.25, 0.3) is 0 Å². The molecule has 1 heterocycles. The summed E-state index contributed by atoms with van der Waals surface area (Å²) in [5.74, 6) is -1.24. The van der Waals surface area contributed by atoms with E-state index in [9.17, 15) is 14.4 Å². The maximum Gasteiger partial charge on any atom is 0.335 e. The first-order valence-electron chi connectivity index (χ1n) is 9.29. The molecule has 0 spiro atoms. The molecule has 0 atom stereocenters. The number of nitrogens with zero attached hydrogens (tertiary/aromatic N) is 2. The number of carbonyl (C=O) groups excluding carboxylic acids is 2. The molecule has 2 amide bonds. The Balaban J connectivity index is 1.97. The van der Waals surface area contributed by atoms with Gasteiger partial charge in [-0.1, -0.05) is 13.3 Å². The molecule has 0 aliphatic carbocycles. The molecule has 1 saturated heterocycles. The van der Waals surface area contributed by atoms with Gasteiger partial charge in [-0.3, -0.25) is 14.5 Å². The van der Waals surface area contributed by atoms with Gasteiger partial charge in [0.2, 0.25) is 11.8 Å². The number of carbonyl (C=O) groups is 3. The number of rotatable bonds is 8. The summed E-state index contributed by atoms with van der Waals surface area (Å²) in [5, 5.41) is 14.8. The largest absolute Gasteiger partial charge is 0.478 e. The number of hydrogen-bond acceptors (Lipinski definition) is 5. The van der Waals surface area contributed by atoms with Crippen LogP contribution in [-0.2, 0) is 9.59 Å². The minimum atomic E-state index is -1.04. The number of unbranched alkanes of at least 4 members (excludes halogenated alkanes) is 1. The number of carboxylic acid groups (broad SMARTS) is 1. The summed E-state index contributed by atoms with van der Waals surface area (Å²) in [7, 11) is 0. The van der Waals surface area contributed by atoms with E-state index in [4.69, 9.17) is 5.11 Å². The zero-order valence-corrected chi connectivity index (χ0v) is 16.0. The van der Waals surface area contributed by atoms with Gasteiger partial charge in [0.1, 0.15) is 0 Å². The van der Waals surface area contributed by atoms with Crippen LogP contribution in [0.2, 0.25) is 0 Å². The molecule has 3 N–H and O–H groups in total. The van der Waals surface area contributed by atoms with Crippen LogP contribution in [0, 0.1) is 0 Å². The van der Waals surface area contributed by atoms with Crippen LogP contribution in [0.1, 0.15) is 37.0 Å².